The van der Waals surface area contributed by atoms with Gasteiger partial charge in [-0.05, 0) is 51.4 Å². The zero-order valence-electron chi connectivity index (χ0n) is 43.8. The van der Waals surface area contributed by atoms with Gasteiger partial charge < -0.3 is 14.2 Å². The summed E-state index contributed by atoms with van der Waals surface area (Å²) in [6.45, 7) is 6.66. The lowest BCUT2D eigenvalue weighted by Crippen LogP contribution is -2.30. The van der Waals surface area contributed by atoms with Gasteiger partial charge in [-0.3, -0.25) is 14.4 Å². The molecule has 0 aliphatic rings. The Morgan fingerprint density at radius 2 is 0.554 bits per heavy atom. The Hall–Kier alpha value is -2.11. The summed E-state index contributed by atoms with van der Waals surface area (Å²) in [5, 5.41) is 0. The van der Waals surface area contributed by atoms with Crippen LogP contribution in [-0.4, -0.2) is 37.2 Å². The summed E-state index contributed by atoms with van der Waals surface area (Å²) < 4.78 is 16.9. The normalized spacial score (nSPS) is 12.1. The molecule has 0 fully saturated rings. The van der Waals surface area contributed by atoms with Crippen molar-refractivity contribution in [1.29, 1.82) is 0 Å². The molecule has 0 bridgehead atoms. The topological polar surface area (TPSA) is 78.9 Å². The second-order valence-electron chi connectivity index (χ2n) is 19.6. The maximum absolute atomic E-state index is 12.8. The maximum atomic E-state index is 12.8. The highest BCUT2D eigenvalue weighted by Gasteiger charge is 2.19. The van der Waals surface area contributed by atoms with Crippen molar-refractivity contribution in [1.82, 2.24) is 0 Å². The number of carbonyl (C=O) groups is 3. The van der Waals surface area contributed by atoms with Crippen LogP contribution in [0, 0.1) is 0 Å². The predicted octanol–water partition coefficient (Wildman–Crippen LogP) is 19.1. The lowest BCUT2D eigenvalue weighted by atomic mass is 10.0. The van der Waals surface area contributed by atoms with Crippen LogP contribution >= 0.6 is 0 Å². The molecule has 0 radical (unpaired) electrons. The predicted molar refractivity (Wildman–Crippen MR) is 279 cm³/mol. The first kappa shape index (κ1) is 62.9. The molecule has 0 aromatic heterocycles. The Kier molecular flexibility index (Phi) is 52.7. The van der Waals surface area contributed by atoms with Gasteiger partial charge in [-0.15, -0.1) is 0 Å². The van der Waals surface area contributed by atoms with Crippen molar-refractivity contribution in [3.05, 3.63) is 24.3 Å². The second kappa shape index (κ2) is 54.5. The van der Waals surface area contributed by atoms with Gasteiger partial charge in [0.05, 0.1) is 0 Å². The fourth-order valence-electron chi connectivity index (χ4n) is 8.59. The van der Waals surface area contributed by atoms with E-state index in [1.54, 1.807) is 0 Å². The lowest BCUT2D eigenvalue weighted by Gasteiger charge is -2.18. The van der Waals surface area contributed by atoms with Crippen molar-refractivity contribution in [2.24, 2.45) is 0 Å². The SMILES string of the molecule is CCCCC/C=C\C/C=C\CCCCCCCCCC(=O)OCC(COC(=O)CCCCCCCCCCCCCCCC)OC(=O)CCCCCCCCCCCCCCCCCC. The minimum Gasteiger partial charge on any atom is -0.462 e. The van der Waals surface area contributed by atoms with Gasteiger partial charge in [0.15, 0.2) is 6.10 Å². The third-order valence-corrected chi connectivity index (χ3v) is 13.0. The van der Waals surface area contributed by atoms with Crippen LogP contribution in [0.25, 0.3) is 0 Å². The van der Waals surface area contributed by atoms with Crippen molar-refractivity contribution in [3.8, 4) is 0 Å². The molecule has 6 nitrogen and oxygen atoms in total. The van der Waals surface area contributed by atoms with E-state index in [0.29, 0.717) is 19.3 Å². The molecule has 0 saturated heterocycles. The summed E-state index contributed by atoms with van der Waals surface area (Å²) in [6.07, 6.45) is 63.0. The van der Waals surface area contributed by atoms with Crippen molar-refractivity contribution in [2.45, 2.75) is 322 Å². The van der Waals surface area contributed by atoms with Gasteiger partial charge in [0.1, 0.15) is 13.2 Å². The monoisotopic (exact) mass is 915 g/mol. The fourth-order valence-corrected chi connectivity index (χ4v) is 8.59. The molecular formula is C59H110O6. The molecule has 0 N–H and O–H groups in total. The van der Waals surface area contributed by atoms with Crippen LogP contribution in [0.3, 0.4) is 0 Å². The number of unbranched alkanes of at least 4 members (excludes halogenated alkanes) is 38. The Bertz CT molecular complexity index is 1050. The number of esters is 3. The third-order valence-electron chi connectivity index (χ3n) is 13.0. The number of allylic oxidation sites excluding steroid dienone is 4. The van der Waals surface area contributed by atoms with Gasteiger partial charge >= 0.3 is 17.9 Å². The van der Waals surface area contributed by atoms with E-state index < -0.39 is 6.10 Å². The molecule has 0 rings (SSSR count). The van der Waals surface area contributed by atoms with Gasteiger partial charge in [0.25, 0.3) is 0 Å². The molecular weight excluding hydrogens is 805 g/mol. The van der Waals surface area contributed by atoms with E-state index in [9.17, 15) is 14.4 Å². The highest BCUT2D eigenvalue weighted by Crippen LogP contribution is 2.17. The Morgan fingerprint density at radius 1 is 0.308 bits per heavy atom. The lowest BCUT2D eigenvalue weighted by molar-refractivity contribution is -0.167. The number of ether oxygens (including phenoxy) is 3. The van der Waals surface area contributed by atoms with E-state index in [0.717, 1.165) is 70.6 Å². The molecule has 6 heteroatoms. The summed E-state index contributed by atoms with van der Waals surface area (Å²) in [6, 6.07) is 0. The highest BCUT2D eigenvalue weighted by atomic mass is 16.6. The molecule has 0 spiro atoms. The first-order chi connectivity index (χ1) is 32.0. The molecule has 0 aromatic rings. The first-order valence-electron chi connectivity index (χ1n) is 28.8. The molecule has 65 heavy (non-hydrogen) atoms. The van der Waals surface area contributed by atoms with E-state index in [2.05, 4.69) is 45.1 Å². The molecule has 1 unspecified atom stereocenters. The maximum Gasteiger partial charge on any atom is 0.306 e. The van der Waals surface area contributed by atoms with Gasteiger partial charge in [-0.25, -0.2) is 0 Å². The van der Waals surface area contributed by atoms with Crippen LogP contribution in [0.2, 0.25) is 0 Å². The highest BCUT2D eigenvalue weighted by molar-refractivity contribution is 5.71. The van der Waals surface area contributed by atoms with Crippen LogP contribution < -0.4 is 0 Å². The number of rotatable bonds is 53. The quantitative estimate of drug-likeness (QED) is 0.0262. The van der Waals surface area contributed by atoms with Crippen LogP contribution in [0.4, 0.5) is 0 Å². The Morgan fingerprint density at radius 3 is 0.877 bits per heavy atom. The molecule has 0 aromatic carbocycles. The zero-order chi connectivity index (χ0) is 47.2. The summed E-state index contributed by atoms with van der Waals surface area (Å²) in [5.41, 5.74) is 0. The van der Waals surface area contributed by atoms with E-state index >= 15 is 0 Å². The number of hydrogen-bond acceptors (Lipinski definition) is 6. The Balaban J connectivity index is 4.33. The molecule has 1 atom stereocenters. The zero-order valence-corrected chi connectivity index (χ0v) is 43.8. The number of carbonyl (C=O) groups excluding carboxylic acids is 3. The van der Waals surface area contributed by atoms with Gasteiger partial charge in [-0.1, -0.05) is 270 Å². The largest absolute Gasteiger partial charge is 0.462 e. The van der Waals surface area contributed by atoms with Crippen molar-refractivity contribution in [2.75, 3.05) is 13.2 Å². The van der Waals surface area contributed by atoms with Gasteiger partial charge in [0, 0.05) is 19.3 Å². The third kappa shape index (κ3) is 52.7. The first-order valence-corrected chi connectivity index (χ1v) is 28.8. The van der Waals surface area contributed by atoms with Crippen molar-refractivity contribution >= 4 is 17.9 Å². The van der Waals surface area contributed by atoms with E-state index in [1.165, 1.54) is 205 Å². The molecule has 0 amide bonds. The van der Waals surface area contributed by atoms with Crippen LogP contribution in [0.15, 0.2) is 24.3 Å². The number of hydrogen-bond donors (Lipinski definition) is 0. The van der Waals surface area contributed by atoms with Crippen molar-refractivity contribution in [3.63, 3.8) is 0 Å². The van der Waals surface area contributed by atoms with Crippen LogP contribution in [-0.2, 0) is 28.6 Å². The average molecular weight is 916 g/mol. The van der Waals surface area contributed by atoms with Gasteiger partial charge in [0.2, 0.25) is 0 Å². The summed E-state index contributed by atoms with van der Waals surface area (Å²) in [7, 11) is 0. The minimum atomic E-state index is -0.769. The van der Waals surface area contributed by atoms with E-state index in [4.69, 9.17) is 14.2 Å². The molecule has 382 valence electrons. The molecule has 0 aliphatic carbocycles. The molecule has 0 saturated carbocycles. The Labute approximate surface area is 404 Å². The van der Waals surface area contributed by atoms with Gasteiger partial charge in [-0.2, -0.15) is 0 Å². The van der Waals surface area contributed by atoms with Crippen LogP contribution in [0.1, 0.15) is 316 Å². The summed E-state index contributed by atoms with van der Waals surface area (Å²) >= 11 is 0. The van der Waals surface area contributed by atoms with Crippen LogP contribution in [0.5, 0.6) is 0 Å². The van der Waals surface area contributed by atoms with Crippen molar-refractivity contribution < 1.29 is 28.6 Å². The summed E-state index contributed by atoms with van der Waals surface area (Å²) in [4.78, 5) is 38.1. The van der Waals surface area contributed by atoms with E-state index in [1.807, 2.05) is 0 Å². The molecule has 0 heterocycles. The standard InChI is InChI=1S/C59H110O6/c1-4-7-10-13-16-19-22-25-28-30-32-34-37-40-43-46-49-52-58(61)64-55-56(54-63-57(60)51-48-45-42-39-36-33-27-24-21-18-15-12-9-6-3)65-59(62)53-50-47-44-41-38-35-31-29-26-23-20-17-14-11-8-5-2/h16,19,25,28,56H,4-15,17-18,20-24,26-27,29-55H2,1-3H3/b19-16-,28-25-. The average Bonchev–Trinajstić information content (AvgIpc) is 3.30. The molecule has 0 aliphatic heterocycles. The fraction of sp³-hybridized carbons (Fsp3) is 0.881. The minimum absolute atomic E-state index is 0.0681. The second-order valence-corrected chi connectivity index (χ2v) is 19.6. The smallest absolute Gasteiger partial charge is 0.306 e. The van der Waals surface area contributed by atoms with E-state index in [-0.39, 0.29) is 31.1 Å². The summed E-state index contributed by atoms with van der Waals surface area (Å²) in [5.74, 6) is -0.854.